The topological polar surface area (TPSA) is 26.3 Å². The minimum atomic E-state index is -0.571. The average Bonchev–Trinajstić information content (AvgIpc) is 2.73. The summed E-state index contributed by atoms with van der Waals surface area (Å²) in [5.74, 6) is -0.281. The zero-order chi connectivity index (χ0) is 15.0. The Kier molecular flexibility index (Phi) is 3.34. The molecule has 21 heavy (non-hydrogen) atoms. The molecule has 0 N–H and O–H groups in total. The van der Waals surface area contributed by atoms with Crippen molar-refractivity contribution in [2.24, 2.45) is 0 Å². The third-order valence-corrected chi connectivity index (χ3v) is 3.89. The van der Waals surface area contributed by atoms with Gasteiger partial charge >= 0.3 is 5.97 Å². The zero-order valence-electron chi connectivity index (χ0n) is 11.9. The van der Waals surface area contributed by atoms with Crippen molar-refractivity contribution in [2.75, 3.05) is 0 Å². The second-order valence-electron chi connectivity index (χ2n) is 5.57. The van der Waals surface area contributed by atoms with Gasteiger partial charge in [0.15, 0.2) is 0 Å². The molecule has 0 spiro atoms. The fourth-order valence-corrected chi connectivity index (χ4v) is 2.67. The van der Waals surface area contributed by atoms with Gasteiger partial charge in [0, 0.05) is 16.7 Å². The third kappa shape index (κ3) is 2.72. The maximum absolute atomic E-state index is 11.5. The molecule has 1 aliphatic rings. The van der Waals surface area contributed by atoms with E-state index in [0.29, 0.717) is 0 Å². The Morgan fingerprint density at radius 3 is 1.81 bits per heavy atom. The quantitative estimate of drug-likeness (QED) is 0.750. The highest BCUT2D eigenvalue weighted by molar-refractivity contribution is 6.30. The molecule has 0 saturated carbocycles. The molecular weight excluding hydrogens is 284 g/mol. The lowest BCUT2D eigenvalue weighted by Gasteiger charge is -2.21. The molecule has 0 aliphatic carbocycles. The number of cyclic esters (lactones) is 1. The van der Waals surface area contributed by atoms with Crippen molar-refractivity contribution in [1.29, 1.82) is 0 Å². The van der Waals surface area contributed by atoms with Gasteiger partial charge in [-0.1, -0.05) is 48.0 Å². The van der Waals surface area contributed by atoms with Crippen molar-refractivity contribution in [2.45, 2.75) is 19.4 Å². The SMILES string of the molecule is CC1(C)OC(=O)C=C1c1ccc(-c2ccc(Cl)cc2)cc1. The van der Waals surface area contributed by atoms with E-state index >= 15 is 0 Å². The number of hydrogen-bond acceptors (Lipinski definition) is 2. The lowest BCUT2D eigenvalue weighted by Crippen LogP contribution is -2.22. The van der Waals surface area contributed by atoms with Crippen LogP contribution in [0.15, 0.2) is 54.6 Å². The van der Waals surface area contributed by atoms with Gasteiger partial charge < -0.3 is 4.74 Å². The van der Waals surface area contributed by atoms with Gasteiger partial charge in [0.1, 0.15) is 5.60 Å². The highest BCUT2D eigenvalue weighted by Gasteiger charge is 2.34. The molecular formula is C18H15ClO2. The fourth-order valence-electron chi connectivity index (χ4n) is 2.54. The first-order valence-electron chi connectivity index (χ1n) is 6.77. The second-order valence-corrected chi connectivity index (χ2v) is 6.01. The molecule has 3 rings (SSSR count). The molecule has 0 unspecified atom stereocenters. The minimum Gasteiger partial charge on any atom is -0.452 e. The normalized spacial score (nSPS) is 16.5. The van der Waals surface area contributed by atoms with E-state index in [2.05, 4.69) is 0 Å². The predicted molar refractivity (Wildman–Crippen MR) is 85.0 cm³/mol. The van der Waals surface area contributed by atoms with Crippen LogP contribution in [0, 0.1) is 0 Å². The highest BCUT2D eigenvalue weighted by atomic mass is 35.5. The molecule has 0 amide bonds. The molecule has 0 fully saturated rings. The van der Waals surface area contributed by atoms with E-state index in [-0.39, 0.29) is 5.97 Å². The summed E-state index contributed by atoms with van der Waals surface area (Å²) in [5.41, 5.74) is 3.56. The largest absolute Gasteiger partial charge is 0.452 e. The Morgan fingerprint density at radius 1 is 0.857 bits per heavy atom. The summed E-state index contributed by atoms with van der Waals surface area (Å²) in [6, 6.07) is 15.8. The van der Waals surface area contributed by atoms with Crippen LogP contribution in [0.3, 0.4) is 0 Å². The van der Waals surface area contributed by atoms with Gasteiger partial charge in [0.2, 0.25) is 0 Å². The maximum atomic E-state index is 11.5. The highest BCUT2D eigenvalue weighted by Crippen LogP contribution is 2.35. The van der Waals surface area contributed by atoms with E-state index in [1.807, 2.05) is 62.4 Å². The third-order valence-electron chi connectivity index (χ3n) is 3.64. The number of halogens is 1. The Hall–Kier alpha value is -2.06. The summed E-state index contributed by atoms with van der Waals surface area (Å²) in [5, 5.41) is 0.726. The van der Waals surface area contributed by atoms with Crippen molar-refractivity contribution < 1.29 is 9.53 Å². The van der Waals surface area contributed by atoms with E-state index in [9.17, 15) is 4.79 Å². The van der Waals surface area contributed by atoms with Crippen LogP contribution in [0.5, 0.6) is 0 Å². The molecule has 1 heterocycles. The van der Waals surface area contributed by atoms with Crippen LogP contribution < -0.4 is 0 Å². The smallest absolute Gasteiger partial charge is 0.332 e. The van der Waals surface area contributed by atoms with Crippen LogP contribution in [-0.2, 0) is 9.53 Å². The number of esters is 1. The lowest BCUT2D eigenvalue weighted by atomic mass is 9.91. The van der Waals surface area contributed by atoms with Gasteiger partial charge in [-0.3, -0.25) is 0 Å². The first-order chi connectivity index (χ1) is 9.95. The summed E-state index contributed by atoms with van der Waals surface area (Å²) in [6.07, 6.45) is 1.57. The van der Waals surface area contributed by atoms with Crippen LogP contribution in [-0.4, -0.2) is 11.6 Å². The summed E-state index contributed by atoms with van der Waals surface area (Å²) in [6.45, 7) is 3.80. The number of benzene rings is 2. The van der Waals surface area contributed by atoms with E-state index in [0.717, 1.165) is 27.3 Å². The lowest BCUT2D eigenvalue weighted by molar-refractivity contribution is -0.142. The Labute approximate surface area is 129 Å². The summed E-state index contributed by atoms with van der Waals surface area (Å²) >= 11 is 5.90. The molecule has 106 valence electrons. The summed E-state index contributed by atoms with van der Waals surface area (Å²) in [7, 11) is 0. The number of ether oxygens (including phenoxy) is 1. The molecule has 3 heteroatoms. The molecule has 0 aromatic heterocycles. The van der Waals surface area contributed by atoms with Gasteiger partial charge in [-0.2, -0.15) is 0 Å². The standard InChI is InChI=1S/C18H15ClO2/c1-18(2)16(11-17(20)21-18)14-5-3-12(4-6-14)13-7-9-15(19)10-8-13/h3-11H,1-2H3. The molecule has 0 atom stereocenters. The van der Waals surface area contributed by atoms with E-state index in [1.54, 1.807) is 6.08 Å². The molecule has 1 aliphatic heterocycles. The number of carbonyl (C=O) groups excluding carboxylic acids is 1. The predicted octanol–water partition coefficient (Wildman–Crippen LogP) is 4.73. The molecule has 0 radical (unpaired) electrons. The molecule has 2 aromatic rings. The van der Waals surface area contributed by atoms with E-state index < -0.39 is 5.60 Å². The average molecular weight is 299 g/mol. The minimum absolute atomic E-state index is 0.281. The first-order valence-corrected chi connectivity index (χ1v) is 7.15. The second kappa shape index (κ2) is 5.05. The van der Waals surface area contributed by atoms with Gasteiger partial charge in [0.25, 0.3) is 0 Å². The van der Waals surface area contributed by atoms with Gasteiger partial charge in [-0.15, -0.1) is 0 Å². The van der Waals surface area contributed by atoms with Gasteiger partial charge in [-0.05, 0) is 42.7 Å². The zero-order valence-corrected chi connectivity index (χ0v) is 12.6. The fraction of sp³-hybridized carbons (Fsp3) is 0.167. The molecule has 0 bridgehead atoms. The monoisotopic (exact) mass is 298 g/mol. The van der Waals surface area contributed by atoms with Crippen molar-refractivity contribution in [1.82, 2.24) is 0 Å². The van der Waals surface area contributed by atoms with Crippen molar-refractivity contribution >= 4 is 23.1 Å². The van der Waals surface area contributed by atoms with Gasteiger partial charge in [-0.25, -0.2) is 4.79 Å². The van der Waals surface area contributed by atoms with Gasteiger partial charge in [0.05, 0.1) is 0 Å². The summed E-state index contributed by atoms with van der Waals surface area (Å²) in [4.78, 5) is 11.5. The Morgan fingerprint density at radius 2 is 1.33 bits per heavy atom. The first kappa shape index (κ1) is 13.9. The van der Waals surface area contributed by atoms with E-state index in [1.165, 1.54) is 0 Å². The molecule has 0 saturated heterocycles. The van der Waals surface area contributed by atoms with Crippen LogP contribution in [0.2, 0.25) is 5.02 Å². The van der Waals surface area contributed by atoms with Crippen molar-refractivity contribution in [3.05, 3.63) is 65.2 Å². The van der Waals surface area contributed by atoms with Crippen LogP contribution in [0.25, 0.3) is 16.7 Å². The molecule has 2 nitrogen and oxygen atoms in total. The summed E-state index contributed by atoms with van der Waals surface area (Å²) < 4.78 is 5.30. The van der Waals surface area contributed by atoms with Crippen LogP contribution in [0.4, 0.5) is 0 Å². The van der Waals surface area contributed by atoms with Crippen molar-refractivity contribution in [3.8, 4) is 11.1 Å². The maximum Gasteiger partial charge on any atom is 0.332 e. The number of rotatable bonds is 2. The Balaban J connectivity index is 1.93. The molecule has 2 aromatic carbocycles. The van der Waals surface area contributed by atoms with Crippen molar-refractivity contribution in [3.63, 3.8) is 0 Å². The number of hydrogen-bond donors (Lipinski definition) is 0. The van der Waals surface area contributed by atoms with Crippen LogP contribution in [0.1, 0.15) is 19.4 Å². The van der Waals surface area contributed by atoms with Crippen LogP contribution >= 0.6 is 11.6 Å². The van der Waals surface area contributed by atoms with E-state index in [4.69, 9.17) is 16.3 Å². The Bertz CT molecular complexity index is 710. The number of carbonyl (C=O) groups is 1.